The van der Waals surface area contributed by atoms with Crippen molar-refractivity contribution < 1.29 is 13.9 Å². The van der Waals surface area contributed by atoms with Crippen LogP contribution in [-0.4, -0.2) is 11.5 Å². The number of benzene rings is 8. The van der Waals surface area contributed by atoms with Crippen molar-refractivity contribution in [3.63, 3.8) is 0 Å². The molecule has 46 heavy (non-hydrogen) atoms. The summed E-state index contributed by atoms with van der Waals surface area (Å²) in [5, 5.41) is 16.9. The van der Waals surface area contributed by atoms with Gasteiger partial charge in [0.05, 0.1) is 6.61 Å². The molecule has 0 saturated carbocycles. The summed E-state index contributed by atoms with van der Waals surface area (Å²) in [5.41, 5.74) is 0. The lowest BCUT2D eigenvalue weighted by molar-refractivity contribution is 0.254. The average molecular weight is 621 g/mol. The molecule has 1 atom stereocenters. The van der Waals surface area contributed by atoms with E-state index < -0.39 is 8.60 Å². The monoisotopic (exact) mass is 620 g/mol. The Morgan fingerprint density at radius 2 is 0.913 bits per heavy atom. The maximum atomic E-state index is 10.6. The molecule has 0 aliphatic heterocycles. The minimum Gasteiger partial charge on any atom is -0.426 e. The Kier molecular flexibility index (Phi) is 7.92. The minimum absolute atomic E-state index is 0.516. The Balaban J connectivity index is 1.15. The van der Waals surface area contributed by atoms with Crippen LogP contribution < -0.4 is 4.52 Å². The smallest absolute Gasteiger partial charge is 0.394 e. The predicted molar refractivity (Wildman–Crippen MR) is 198 cm³/mol. The molecule has 228 valence electrons. The van der Waals surface area contributed by atoms with E-state index in [-0.39, 0.29) is 0 Å². The molecule has 0 aliphatic rings. The summed E-state index contributed by atoms with van der Waals surface area (Å²) >= 11 is 0. The molecule has 3 nitrogen and oxygen atoms in total. The predicted octanol–water partition coefficient (Wildman–Crippen LogP) is 12.7. The van der Waals surface area contributed by atoms with E-state index in [0.717, 1.165) is 29.0 Å². The van der Waals surface area contributed by atoms with E-state index in [9.17, 15) is 4.89 Å². The molecular formula is C42H37O3P. The summed E-state index contributed by atoms with van der Waals surface area (Å²) in [6, 6.07) is 42.0. The highest BCUT2D eigenvalue weighted by Crippen LogP contribution is 2.41. The number of unbranched alkanes of at least 4 members (excludes halogenated alkanes) is 5. The molecule has 0 saturated heterocycles. The van der Waals surface area contributed by atoms with E-state index in [1.807, 2.05) is 12.1 Å². The van der Waals surface area contributed by atoms with Crippen molar-refractivity contribution in [2.75, 3.05) is 6.61 Å². The molecule has 1 unspecified atom stereocenters. The van der Waals surface area contributed by atoms with Crippen LogP contribution in [0.2, 0.25) is 0 Å². The van der Waals surface area contributed by atoms with Gasteiger partial charge in [0.1, 0.15) is 5.75 Å². The molecule has 8 aromatic rings. The first-order chi connectivity index (χ1) is 22.6. The van der Waals surface area contributed by atoms with Gasteiger partial charge >= 0.3 is 8.60 Å². The van der Waals surface area contributed by atoms with Gasteiger partial charge in [0, 0.05) is 5.39 Å². The van der Waals surface area contributed by atoms with E-state index in [1.54, 1.807) is 0 Å². The molecule has 0 heterocycles. The Labute approximate surface area is 270 Å². The van der Waals surface area contributed by atoms with Gasteiger partial charge in [-0.2, -0.15) is 0 Å². The SMILES string of the molecule is CCCCCCCCOP(O)Oc1cccc2cc3cc4ccc5cc6cc7cc8ccccc8cc7cc6cc5c4cc3cc12. The van der Waals surface area contributed by atoms with Gasteiger partial charge in [-0.3, -0.25) is 0 Å². The van der Waals surface area contributed by atoms with Crippen LogP contribution in [0.15, 0.2) is 115 Å². The molecule has 0 amide bonds. The third kappa shape index (κ3) is 5.65. The maximum Gasteiger partial charge on any atom is 0.394 e. The largest absolute Gasteiger partial charge is 0.426 e. The zero-order valence-electron chi connectivity index (χ0n) is 26.1. The van der Waals surface area contributed by atoms with Crippen molar-refractivity contribution >= 4 is 84.0 Å². The minimum atomic E-state index is -1.99. The second kappa shape index (κ2) is 12.5. The summed E-state index contributed by atoms with van der Waals surface area (Å²) in [4.78, 5) is 10.6. The van der Waals surface area contributed by atoms with Gasteiger partial charge in [0.25, 0.3) is 0 Å². The van der Waals surface area contributed by atoms with Gasteiger partial charge < -0.3 is 13.9 Å². The second-order valence-electron chi connectivity index (χ2n) is 12.6. The summed E-state index contributed by atoms with van der Waals surface area (Å²) in [6.45, 7) is 2.74. The highest BCUT2D eigenvalue weighted by atomic mass is 31.2. The van der Waals surface area contributed by atoms with Crippen molar-refractivity contribution in [3.8, 4) is 5.75 Å². The fourth-order valence-corrected chi connectivity index (χ4v) is 7.63. The summed E-state index contributed by atoms with van der Waals surface area (Å²) in [5.74, 6) is 0.652. The summed E-state index contributed by atoms with van der Waals surface area (Å²) in [7, 11) is -1.99. The van der Waals surface area contributed by atoms with Crippen LogP contribution in [0.4, 0.5) is 0 Å². The first-order valence-corrected chi connectivity index (χ1v) is 17.7. The number of hydrogen-bond acceptors (Lipinski definition) is 3. The van der Waals surface area contributed by atoms with Crippen LogP contribution in [-0.2, 0) is 4.52 Å². The van der Waals surface area contributed by atoms with E-state index >= 15 is 0 Å². The van der Waals surface area contributed by atoms with Crippen molar-refractivity contribution in [2.45, 2.75) is 45.4 Å². The Morgan fingerprint density at radius 1 is 0.457 bits per heavy atom. The average Bonchev–Trinajstić information content (AvgIpc) is 3.07. The first kappa shape index (κ1) is 29.2. The zero-order chi connectivity index (χ0) is 31.0. The van der Waals surface area contributed by atoms with Crippen LogP contribution in [0, 0.1) is 0 Å². The first-order valence-electron chi connectivity index (χ1n) is 16.5. The van der Waals surface area contributed by atoms with Gasteiger partial charge in [-0.1, -0.05) is 87.6 Å². The Hall–Kier alpha value is -4.27. The van der Waals surface area contributed by atoms with Gasteiger partial charge in [-0.15, -0.1) is 0 Å². The zero-order valence-corrected chi connectivity index (χ0v) is 27.0. The molecule has 0 radical (unpaired) electrons. The third-order valence-electron chi connectivity index (χ3n) is 9.40. The van der Waals surface area contributed by atoms with Crippen LogP contribution in [0.25, 0.3) is 75.4 Å². The molecular weight excluding hydrogens is 583 g/mol. The maximum absolute atomic E-state index is 10.6. The van der Waals surface area contributed by atoms with E-state index in [2.05, 4.69) is 110 Å². The molecule has 8 rings (SSSR count). The van der Waals surface area contributed by atoms with Crippen LogP contribution in [0.3, 0.4) is 0 Å². The van der Waals surface area contributed by atoms with E-state index in [4.69, 9.17) is 9.05 Å². The standard InChI is InChI=1S/C42H37O3P/c1-2-3-4-5-6-9-17-44-46(43)45-42-14-10-13-30-20-35-21-31-15-16-32-22-36-23-33-18-28-11-7-8-12-29(28)19-34(33)24-37(36)25-39(32)40(31)26-38(35)27-41(30)42/h7-8,10-16,18-27,43H,2-6,9,17H2,1H3. The van der Waals surface area contributed by atoms with Gasteiger partial charge in [0.15, 0.2) is 0 Å². The second-order valence-corrected chi connectivity index (χ2v) is 13.5. The lowest BCUT2D eigenvalue weighted by Crippen LogP contribution is -1.95. The summed E-state index contributed by atoms with van der Waals surface area (Å²) in [6.07, 6.45) is 7.07. The number of hydrogen-bond donors (Lipinski definition) is 1. The van der Waals surface area contributed by atoms with Crippen LogP contribution in [0.5, 0.6) is 5.75 Å². The van der Waals surface area contributed by atoms with Gasteiger partial charge in [-0.25, -0.2) is 0 Å². The topological polar surface area (TPSA) is 38.7 Å². The van der Waals surface area contributed by atoms with Crippen molar-refractivity contribution in [1.29, 1.82) is 0 Å². The normalized spacial score (nSPS) is 12.7. The van der Waals surface area contributed by atoms with Gasteiger partial charge in [0.2, 0.25) is 0 Å². The third-order valence-corrected chi connectivity index (χ3v) is 10.2. The Bertz CT molecular complexity index is 2400. The number of fused-ring (bicyclic) bond motifs is 8. The van der Waals surface area contributed by atoms with Gasteiger partial charge in [-0.05, 0) is 143 Å². The van der Waals surface area contributed by atoms with Crippen molar-refractivity contribution in [1.82, 2.24) is 0 Å². The lowest BCUT2D eigenvalue weighted by Gasteiger charge is -2.14. The highest BCUT2D eigenvalue weighted by molar-refractivity contribution is 7.41. The summed E-state index contributed by atoms with van der Waals surface area (Å²) < 4.78 is 11.7. The molecule has 0 aromatic heterocycles. The van der Waals surface area contributed by atoms with Crippen molar-refractivity contribution in [2.24, 2.45) is 0 Å². The molecule has 0 spiro atoms. The van der Waals surface area contributed by atoms with Crippen LogP contribution >= 0.6 is 8.60 Å². The highest BCUT2D eigenvalue weighted by Gasteiger charge is 2.13. The van der Waals surface area contributed by atoms with Crippen molar-refractivity contribution in [3.05, 3.63) is 115 Å². The molecule has 0 aliphatic carbocycles. The fourth-order valence-electron chi connectivity index (χ4n) is 6.96. The van der Waals surface area contributed by atoms with E-state index in [0.29, 0.717) is 12.4 Å². The fraction of sp³-hybridized carbons (Fsp3) is 0.190. The quantitative estimate of drug-likeness (QED) is 0.0715. The molecule has 0 fully saturated rings. The number of rotatable bonds is 10. The molecule has 0 bridgehead atoms. The van der Waals surface area contributed by atoms with Crippen LogP contribution in [0.1, 0.15) is 45.4 Å². The molecule has 8 aromatic carbocycles. The molecule has 4 heteroatoms. The molecule has 1 N–H and O–H groups in total. The Morgan fingerprint density at radius 3 is 1.54 bits per heavy atom. The lowest BCUT2D eigenvalue weighted by atomic mass is 9.93. The van der Waals surface area contributed by atoms with E-state index in [1.165, 1.54) is 84.9 Å².